The third kappa shape index (κ3) is 5.35. The van der Waals surface area contributed by atoms with Crippen molar-refractivity contribution in [3.05, 3.63) is 95.1 Å². The van der Waals surface area contributed by atoms with E-state index in [9.17, 15) is 9.59 Å². The zero-order chi connectivity index (χ0) is 22.3. The topological polar surface area (TPSA) is 67.4 Å². The average molecular weight is 429 g/mol. The molecule has 2 amide bonds. The quantitative estimate of drug-likeness (QED) is 0.552. The van der Waals surface area contributed by atoms with E-state index in [1.165, 1.54) is 24.0 Å². The average Bonchev–Trinajstić information content (AvgIpc) is 2.83. The Morgan fingerprint density at radius 1 is 0.906 bits per heavy atom. The summed E-state index contributed by atoms with van der Waals surface area (Å²) in [4.78, 5) is 25.4. The van der Waals surface area contributed by atoms with Gasteiger partial charge in [-0.3, -0.25) is 9.59 Å². The summed E-state index contributed by atoms with van der Waals surface area (Å²) in [6.07, 6.45) is 4.59. The van der Waals surface area contributed by atoms with E-state index in [0.717, 1.165) is 18.4 Å². The van der Waals surface area contributed by atoms with Crippen LogP contribution >= 0.6 is 0 Å². The Morgan fingerprint density at radius 2 is 1.62 bits per heavy atom. The summed E-state index contributed by atoms with van der Waals surface area (Å²) in [5.74, 6) is 0.149. The molecule has 0 spiro atoms. The van der Waals surface area contributed by atoms with E-state index >= 15 is 0 Å². The van der Waals surface area contributed by atoms with E-state index in [1.54, 1.807) is 24.3 Å². The van der Waals surface area contributed by atoms with Crippen LogP contribution in [-0.4, -0.2) is 18.4 Å². The molecule has 164 valence electrons. The summed E-state index contributed by atoms with van der Waals surface area (Å²) in [5.41, 5.74) is 4.57. The number of amides is 2. The van der Waals surface area contributed by atoms with Crippen molar-refractivity contribution in [2.75, 3.05) is 11.9 Å². The van der Waals surface area contributed by atoms with E-state index < -0.39 is 0 Å². The number of nitrogens with one attached hydrogen (secondary N) is 2. The van der Waals surface area contributed by atoms with Crippen LogP contribution in [0.15, 0.2) is 72.8 Å². The van der Waals surface area contributed by atoms with Gasteiger partial charge in [0.1, 0.15) is 5.75 Å². The molecular formula is C27H28N2O3. The van der Waals surface area contributed by atoms with Crippen LogP contribution in [0.1, 0.15) is 52.9 Å². The predicted octanol–water partition coefficient (Wildman–Crippen LogP) is 5.07. The molecule has 5 heteroatoms. The minimum absolute atomic E-state index is 0.116. The highest BCUT2D eigenvalue weighted by Crippen LogP contribution is 2.25. The number of aryl methyl sites for hydroxylation is 2. The lowest BCUT2D eigenvalue weighted by Gasteiger charge is -2.17. The Bertz CT molecular complexity index is 1100. The van der Waals surface area contributed by atoms with Crippen molar-refractivity contribution in [1.82, 2.24) is 5.32 Å². The highest BCUT2D eigenvalue weighted by atomic mass is 16.5. The van der Waals surface area contributed by atoms with Gasteiger partial charge in [-0.15, -0.1) is 0 Å². The number of anilines is 1. The van der Waals surface area contributed by atoms with Crippen LogP contribution in [0, 0.1) is 0 Å². The molecule has 1 aliphatic carbocycles. The van der Waals surface area contributed by atoms with Gasteiger partial charge in [0.05, 0.1) is 17.3 Å². The van der Waals surface area contributed by atoms with E-state index in [-0.39, 0.29) is 24.5 Å². The van der Waals surface area contributed by atoms with Gasteiger partial charge in [-0.2, -0.15) is 0 Å². The van der Waals surface area contributed by atoms with Gasteiger partial charge in [-0.25, -0.2) is 0 Å². The number of carbonyl (C=O) groups is 2. The Morgan fingerprint density at radius 3 is 2.44 bits per heavy atom. The zero-order valence-electron chi connectivity index (χ0n) is 18.3. The van der Waals surface area contributed by atoms with E-state index in [1.807, 2.05) is 49.4 Å². The van der Waals surface area contributed by atoms with Gasteiger partial charge in [0, 0.05) is 0 Å². The lowest BCUT2D eigenvalue weighted by molar-refractivity contribution is -0.118. The van der Waals surface area contributed by atoms with Crippen LogP contribution in [0.3, 0.4) is 0 Å². The molecule has 0 aliphatic heterocycles. The first kappa shape index (κ1) is 21.6. The van der Waals surface area contributed by atoms with Crippen LogP contribution in [0.5, 0.6) is 5.75 Å². The first-order valence-electron chi connectivity index (χ1n) is 11.1. The molecule has 0 saturated heterocycles. The van der Waals surface area contributed by atoms with Gasteiger partial charge in [0.2, 0.25) is 0 Å². The summed E-state index contributed by atoms with van der Waals surface area (Å²) in [7, 11) is 0. The van der Waals surface area contributed by atoms with E-state index in [2.05, 4.69) is 16.7 Å². The molecule has 0 saturated carbocycles. The fourth-order valence-electron chi connectivity index (χ4n) is 4.02. The van der Waals surface area contributed by atoms with Gasteiger partial charge in [-0.05, 0) is 73.6 Å². The maximum Gasteiger partial charge on any atom is 0.262 e. The van der Waals surface area contributed by atoms with Gasteiger partial charge in [0.15, 0.2) is 6.61 Å². The molecule has 0 heterocycles. The van der Waals surface area contributed by atoms with E-state index in [4.69, 9.17) is 4.74 Å². The summed E-state index contributed by atoms with van der Waals surface area (Å²) < 4.78 is 5.72. The minimum Gasteiger partial charge on any atom is -0.484 e. The number of hydrogen-bond acceptors (Lipinski definition) is 3. The van der Waals surface area contributed by atoms with Crippen molar-refractivity contribution in [3.8, 4) is 5.75 Å². The minimum atomic E-state index is -0.306. The number of para-hydroxylation sites is 1. The first-order chi connectivity index (χ1) is 15.6. The zero-order valence-corrected chi connectivity index (χ0v) is 18.3. The number of ether oxygens (including phenoxy) is 1. The normalized spacial score (nSPS) is 13.5. The standard InChI is InChI=1S/C27H28N2O3/c1-19(20-9-3-2-4-10-20)28-27(31)24-13-7-8-14-25(24)29-26(30)18-32-23-16-15-21-11-5-6-12-22(21)17-23/h2-4,7-10,13-17,19H,5-6,11-12,18H2,1H3,(H,28,31)(H,29,30)/t19-/m1/s1. The molecule has 0 fully saturated rings. The van der Waals surface area contributed by atoms with Crippen molar-refractivity contribution in [2.45, 2.75) is 38.6 Å². The molecule has 32 heavy (non-hydrogen) atoms. The van der Waals surface area contributed by atoms with Gasteiger partial charge >= 0.3 is 0 Å². The SMILES string of the molecule is C[C@@H](NC(=O)c1ccccc1NC(=O)COc1ccc2c(c1)CCCC2)c1ccccc1. The van der Waals surface area contributed by atoms with Gasteiger partial charge in [0.25, 0.3) is 11.8 Å². The molecule has 1 aliphatic rings. The van der Waals surface area contributed by atoms with E-state index in [0.29, 0.717) is 17.0 Å². The second-order valence-corrected chi connectivity index (χ2v) is 8.13. The van der Waals surface area contributed by atoms with Crippen molar-refractivity contribution in [2.24, 2.45) is 0 Å². The highest BCUT2D eigenvalue weighted by molar-refractivity contribution is 6.04. The van der Waals surface area contributed by atoms with Crippen LogP contribution in [0.4, 0.5) is 5.69 Å². The first-order valence-corrected chi connectivity index (χ1v) is 11.1. The maximum absolute atomic E-state index is 12.9. The highest BCUT2D eigenvalue weighted by Gasteiger charge is 2.16. The predicted molar refractivity (Wildman–Crippen MR) is 126 cm³/mol. The number of benzene rings is 3. The van der Waals surface area contributed by atoms with Crippen LogP contribution in [0.2, 0.25) is 0 Å². The lowest BCUT2D eigenvalue weighted by atomic mass is 9.92. The third-order valence-electron chi connectivity index (χ3n) is 5.78. The molecule has 3 aromatic rings. The third-order valence-corrected chi connectivity index (χ3v) is 5.78. The number of rotatable bonds is 7. The Hall–Kier alpha value is -3.60. The molecule has 1 atom stereocenters. The van der Waals surface area contributed by atoms with Crippen molar-refractivity contribution in [3.63, 3.8) is 0 Å². The Kier molecular flexibility index (Phi) is 6.85. The van der Waals surface area contributed by atoms with Crippen LogP contribution < -0.4 is 15.4 Å². The second-order valence-electron chi connectivity index (χ2n) is 8.13. The van der Waals surface area contributed by atoms with Crippen LogP contribution in [0.25, 0.3) is 0 Å². The number of carbonyl (C=O) groups excluding carboxylic acids is 2. The summed E-state index contributed by atoms with van der Waals surface area (Å²) in [6, 6.07) is 22.6. The van der Waals surface area contributed by atoms with Crippen molar-refractivity contribution < 1.29 is 14.3 Å². The van der Waals surface area contributed by atoms with Crippen molar-refractivity contribution >= 4 is 17.5 Å². The second kappa shape index (κ2) is 10.1. The van der Waals surface area contributed by atoms with Crippen LogP contribution in [-0.2, 0) is 17.6 Å². The molecule has 2 N–H and O–H groups in total. The maximum atomic E-state index is 12.9. The monoisotopic (exact) mass is 428 g/mol. The molecule has 3 aromatic carbocycles. The number of hydrogen-bond donors (Lipinski definition) is 2. The van der Waals surface area contributed by atoms with Gasteiger partial charge < -0.3 is 15.4 Å². The summed E-state index contributed by atoms with van der Waals surface area (Å²) in [6.45, 7) is 1.82. The number of fused-ring (bicyclic) bond motifs is 1. The molecule has 4 rings (SSSR count). The lowest BCUT2D eigenvalue weighted by Crippen LogP contribution is -2.28. The molecule has 0 aromatic heterocycles. The van der Waals surface area contributed by atoms with Gasteiger partial charge in [-0.1, -0.05) is 48.5 Å². The Labute approximate surface area is 188 Å². The fraction of sp³-hybridized carbons (Fsp3) is 0.259. The summed E-state index contributed by atoms with van der Waals surface area (Å²) in [5, 5.41) is 5.80. The molecule has 0 radical (unpaired) electrons. The largest absolute Gasteiger partial charge is 0.484 e. The Balaban J connectivity index is 1.37. The fourth-order valence-corrected chi connectivity index (χ4v) is 4.02. The molecule has 0 bridgehead atoms. The summed E-state index contributed by atoms with van der Waals surface area (Å²) >= 11 is 0. The molecular weight excluding hydrogens is 400 g/mol. The molecule has 0 unspecified atom stereocenters. The molecule has 5 nitrogen and oxygen atoms in total. The smallest absolute Gasteiger partial charge is 0.262 e. The van der Waals surface area contributed by atoms with Crippen molar-refractivity contribution in [1.29, 1.82) is 0 Å².